The molecule has 24 heavy (non-hydrogen) atoms. The average Bonchev–Trinajstić information content (AvgIpc) is 3.09. The van der Waals surface area contributed by atoms with Gasteiger partial charge in [-0.3, -0.25) is 15.0 Å². The van der Waals surface area contributed by atoms with Gasteiger partial charge in [0.25, 0.3) is 0 Å². The van der Waals surface area contributed by atoms with E-state index < -0.39 is 0 Å². The number of hydrogen-bond acceptors (Lipinski definition) is 4. The fraction of sp³-hybridized carbons (Fsp3) is 0.556. The number of hydrogen-bond donors (Lipinski definition) is 2. The summed E-state index contributed by atoms with van der Waals surface area (Å²) in [6.45, 7) is 1.45. The van der Waals surface area contributed by atoms with E-state index in [4.69, 9.17) is 5.73 Å². The average molecular weight is 328 g/mol. The number of benzene rings is 1. The molecule has 3 N–H and O–H groups in total. The molecule has 0 bridgehead atoms. The van der Waals surface area contributed by atoms with Crippen LogP contribution < -0.4 is 11.2 Å². The van der Waals surface area contributed by atoms with Crippen LogP contribution in [0.1, 0.15) is 31.2 Å². The lowest BCUT2D eigenvalue weighted by Gasteiger charge is -2.51. The van der Waals surface area contributed by atoms with Crippen molar-refractivity contribution in [1.82, 2.24) is 15.3 Å². The van der Waals surface area contributed by atoms with E-state index in [1.807, 2.05) is 23.1 Å². The maximum atomic E-state index is 13.1. The summed E-state index contributed by atoms with van der Waals surface area (Å²) in [4.78, 5) is 26.8. The van der Waals surface area contributed by atoms with Crippen molar-refractivity contribution in [3.8, 4) is 0 Å². The fourth-order valence-corrected chi connectivity index (χ4v) is 4.55. The van der Waals surface area contributed by atoms with Crippen LogP contribution in [0.15, 0.2) is 30.3 Å². The first-order valence-electron chi connectivity index (χ1n) is 8.80. The number of fused-ring (bicyclic) bond motifs is 3. The number of carbonyl (C=O) groups is 2. The quantitative estimate of drug-likeness (QED) is 0.853. The number of nitrogens with two attached hydrogens (primary N) is 1. The maximum absolute atomic E-state index is 13.1. The minimum Gasteiger partial charge on any atom is -0.369 e. The number of rotatable bonds is 3. The van der Waals surface area contributed by atoms with Crippen LogP contribution in [0.3, 0.4) is 0 Å². The van der Waals surface area contributed by atoms with E-state index >= 15 is 0 Å². The van der Waals surface area contributed by atoms with Gasteiger partial charge < -0.3 is 10.6 Å². The molecular weight excluding hydrogens is 304 g/mol. The van der Waals surface area contributed by atoms with Crippen LogP contribution in [0.4, 0.5) is 0 Å². The van der Waals surface area contributed by atoms with Gasteiger partial charge in [-0.15, -0.1) is 0 Å². The highest BCUT2D eigenvalue weighted by Crippen LogP contribution is 2.37. The first kappa shape index (κ1) is 15.6. The maximum Gasteiger partial charge on any atom is 0.242 e. The van der Waals surface area contributed by atoms with Crippen LogP contribution in [-0.4, -0.2) is 46.4 Å². The molecule has 1 aromatic carbocycles. The molecule has 4 rings (SSSR count). The zero-order chi connectivity index (χ0) is 16.7. The van der Waals surface area contributed by atoms with Gasteiger partial charge in [-0.1, -0.05) is 30.3 Å². The standard InChI is InChI=1S/C18H24N4O2/c19-17(23)13-6-7-14-16(10-13)21(11-12-4-2-1-3-5-12)18(24)15-8-9-20-22(14)15/h1-5,13-16,20H,6-11H2,(H2,19,23). The Balaban J connectivity index is 1.63. The highest BCUT2D eigenvalue weighted by atomic mass is 16.2. The normalized spacial score (nSPS) is 33.2. The molecule has 2 heterocycles. The molecule has 0 radical (unpaired) electrons. The van der Waals surface area contributed by atoms with E-state index in [1.54, 1.807) is 0 Å². The Kier molecular flexibility index (Phi) is 4.02. The topological polar surface area (TPSA) is 78.7 Å². The summed E-state index contributed by atoms with van der Waals surface area (Å²) in [5, 5.41) is 2.16. The number of nitrogens with zero attached hydrogens (tertiary/aromatic N) is 2. The van der Waals surface area contributed by atoms with E-state index in [2.05, 4.69) is 22.6 Å². The molecule has 2 aliphatic heterocycles. The summed E-state index contributed by atoms with van der Waals surface area (Å²) in [5.41, 5.74) is 10.1. The van der Waals surface area contributed by atoms with Gasteiger partial charge in [-0.25, -0.2) is 5.01 Å². The van der Waals surface area contributed by atoms with Crippen LogP contribution in [0.5, 0.6) is 0 Å². The summed E-state index contributed by atoms with van der Waals surface area (Å²) in [6, 6.07) is 10.3. The van der Waals surface area contributed by atoms with E-state index in [0.29, 0.717) is 13.0 Å². The van der Waals surface area contributed by atoms with Gasteiger partial charge >= 0.3 is 0 Å². The Bertz CT molecular complexity index is 635. The number of piperazine rings is 1. The molecule has 0 aromatic heterocycles. The monoisotopic (exact) mass is 328 g/mol. The molecule has 2 saturated heterocycles. The molecule has 4 unspecified atom stereocenters. The number of primary amides is 1. The molecule has 4 atom stereocenters. The third-order valence-corrected chi connectivity index (χ3v) is 5.75. The van der Waals surface area contributed by atoms with Gasteiger partial charge in [-0.05, 0) is 31.2 Å². The summed E-state index contributed by atoms with van der Waals surface area (Å²) >= 11 is 0. The second-order valence-corrected chi connectivity index (χ2v) is 7.12. The minimum atomic E-state index is -0.239. The van der Waals surface area contributed by atoms with Crippen LogP contribution in [0, 0.1) is 5.92 Å². The molecule has 2 amide bonds. The van der Waals surface area contributed by atoms with Crippen molar-refractivity contribution < 1.29 is 9.59 Å². The number of amides is 2. The van der Waals surface area contributed by atoms with Gasteiger partial charge in [-0.2, -0.15) is 0 Å². The molecule has 128 valence electrons. The van der Waals surface area contributed by atoms with E-state index in [0.717, 1.165) is 31.4 Å². The van der Waals surface area contributed by atoms with E-state index in [1.165, 1.54) is 0 Å². The van der Waals surface area contributed by atoms with Gasteiger partial charge in [0, 0.05) is 31.1 Å². The van der Waals surface area contributed by atoms with Crippen molar-refractivity contribution >= 4 is 11.8 Å². The Morgan fingerprint density at radius 2 is 1.96 bits per heavy atom. The molecule has 1 aromatic rings. The SMILES string of the molecule is NC(=O)C1CCC2C(C1)N(Cc1ccccc1)C(=O)C1CCNN12. The van der Waals surface area contributed by atoms with Crippen molar-refractivity contribution in [2.75, 3.05) is 6.54 Å². The van der Waals surface area contributed by atoms with Crippen LogP contribution >= 0.6 is 0 Å². The highest BCUT2D eigenvalue weighted by molar-refractivity contribution is 5.84. The molecule has 6 heteroatoms. The molecule has 3 fully saturated rings. The number of nitrogens with one attached hydrogen (secondary N) is 1. The predicted octanol–water partition coefficient (Wildman–Crippen LogP) is 0.630. The first-order valence-corrected chi connectivity index (χ1v) is 8.80. The summed E-state index contributed by atoms with van der Waals surface area (Å²) in [5.74, 6) is -0.191. The Morgan fingerprint density at radius 3 is 2.71 bits per heavy atom. The van der Waals surface area contributed by atoms with Gasteiger partial charge in [0.2, 0.25) is 11.8 Å². The largest absolute Gasteiger partial charge is 0.369 e. The van der Waals surface area contributed by atoms with Gasteiger partial charge in [0.05, 0.1) is 0 Å². The van der Waals surface area contributed by atoms with Crippen molar-refractivity contribution in [2.45, 2.75) is 50.4 Å². The number of carbonyl (C=O) groups excluding carboxylic acids is 2. The molecule has 0 spiro atoms. The Morgan fingerprint density at radius 1 is 1.17 bits per heavy atom. The van der Waals surface area contributed by atoms with Crippen LogP contribution in [0.25, 0.3) is 0 Å². The van der Waals surface area contributed by atoms with E-state index in [9.17, 15) is 9.59 Å². The molecule has 1 aliphatic carbocycles. The zero-order valence-corrected chi connectivity index (χ0v) is 13.7. The second-order valence-electron chi connectivity index (χ2n) is 7.12. The zero-order valence-electron chi connectivity index (χ0n) is 13.7. The van der Waals surface area contributed by atoms with E-state index in [-0.39, 0.29) is 35.9 Å². The lowest BCUT2D eigenvalue weighted by Crippen LogP contribution is -2.68. The third-order valence-electron chi connectivity index (χ3n) is 5.75. The fourth-order valence-electron chi connectivity index (χ4n) is 4.55. The molecular formula is C18H24N4O2. The highest BCUT2D eigenvalue weighted by Gasteiger charge is 2.51. The Hall–Kier alpha value is -1.92. The first-order chi connectivity index (χ1) is 11.6. The van der Waals surface area contributed by atoms with Crippen molar-refractivity contribution in [3.63, 3.8) is 0 Å². The van der Waals surface area contributed by atoms with Crippen molar-refractivity contribution in [2.24, 2.45) is 11.7 Å². The Labute approximate surface area is 141 Å². The second kappa shape index (κ2) is 6.18. The third kappa shape index (κ3) is 2.59. The van der Waals surface area contributed by atoms with Crippen LogP contribution in [-0.2, 0) is 16.1 Å². The van der Waals surface area contributed by atoms with Gasteiger partial charge in [0.15, 0.2) is 0 Å². The summed E-state index contributed by atoms with van der Waals surface area (Å²) in [7, 11) is 0. The smallest absolute Gasteiger partial charge is 0.242 e. The predicted molar refractivity (Wildman–Crippen MR) is 89.4 cm³/mol. The van der Waals surface area contributed by atoms with Gasteiger partial charge in [0.1, 0.15) is 6.04 Å². The van der Waals surface area contributed by atoms with Crippen molar-refractivity contribution in [1.29, 1.82) is 0 Å². The molecule has 3 aliphatic rings. The van der Waals surface area contributed by atoms with Crippen molar-refractivity contribution in [3.05, 3.63) is 35.9 Å². The lowest BCUT2D eigenvalue weighted by molar-refractivity contribution is -0.157. The minimum absolute atomic E-state index is 0.0470. The molecule has 6 nitrogen and oxygen atoms in total. The van der Waals surface area contributed by atoms with Crippen LogP contribution in [0.2, 0.25) is 0 Å². The molecule has 1 saturated carbocycles. The number of hydrazine groups is 1. The summed E-state index contributed by atoms with van der Waals surface area (Å²) < 4.78 is 0. The summed E-state index contributed by atoms with van der Waals surface area (Å²) in [6.07, 6.45) is 3.24. The lowest BCUT2D eigenvalue weighted by atomic mass is 9.78.